The largest absolute Gasteiger partial charge is 0.469 e. The molecule has 2 N–H and O–H groups in total. The molecule has 0 spiro atoms. The lowest BCUT2D eigenvalue weighted by atomic mass is 9.92. The van der Waals surface area contributed by atoms with E-state index in [4.69, 9.17) is 5.73 Å². The average Bonchev–Trinajstić information content (AvgIpc) is 2.21. The summed E-state index contributed by atoms with van der Waals surface area (Å²) in [6, 6.07) is -0.568. The molecule has 1 aliphatic rings. The van der Waals surface area contributed by atoms with E-state index in [1.54, 1.807) is 6.08 Å². The lowest BCUT2D eigenvalue weighted by molar-refractivity contribution is -0.140. The Morgan fingerprint density at radius 2 is 2.27 bits per heavy atom. The van der Waals surface area contributed by atoms with Gasteiger partial charge in [0.15, 0.2) is 5.78 Å². The van der Waals surface area contributed by atoms with Crippen LogP contribution in [0.2, 0.25) is 0 Å². The molecule has 0 aromatic carbocycles. The first-order chi connectivity index (χ1) is 7.04. The Kier molecular flexibility index (Phi) is 3.80. The van der Waals surface area contributed by atoms with Gasteiger partial charge in [0.25, 0.3) is 0 Å². The molecular formula is C11H15NO3. The molecule has 0 radical (unpaired) electrons. The SMILES string of the molecule is COC(=O)CCC1=CC(N)C(=O)C=C1C. The number of carbonyl (C=O) groups is 2. The monoisotopic (exact) mass is 209 g/mol. The van der Waals surface area contributed by atoms with Gasteiger partial charge in [0.05, 0.1) is 13.2 Å². The molecule has 0 aromatic rings. The predicted molar refractivity (Wildman–Crippen MR) is 56.1 cm³/mol. The highest BCUT2D eigenvalue weighted by Crippen LogP contribution is 2.20. The van der Waals surface area contributed by atoms with Gasteiger partial charge in [0.1, 0.15) is 0 Å². The molecule has 0 heterocycles. The van der Waals surface area contributed by atoms with Crippen LogP contribution >= 0.6 is 0 Å². The van der Waals surface area contributed by atoms with Crippen molar-refractivity contribution >= 4 is 11.8 Å². The van der Waals surface area contributed by atoms with Crippen molar-refractivity contribution in [2.75, 3.05) is 7.11 Å². The minimum Gasteiger partial charge on any atom is -0.469 e. The van der Waals surface area contributed by atoms with E-state index in [1.807, 2.05) is 6.92 Å². The van der Waals surface area contributed by atoms with Crippen molar-refractivity contribution in [3.8, 4) is 0 Å². The van der Waals surface area contributed by atoms with Gasteiger partial charge in [-0.2, -0.15) is 0 Å². The Balaban J connectivity index is 2.62. The molecule has 1 aliphatic carbocycles. The molecule has 0 saturated heterocycles. The first-order valence-electron chi connectivity index (χ1n) is 4.80. The third kappa shape index (κ3) is 3.02. The fourth-order valence-electron chi connectivity index (χ4n) is 1.45. The Hall–Kier alpha value is -1.42. The molecule has 15 heavy (non-hydrogen) atoms. The van der Waals surface area contributed by atoms with Crippen molar-refractivity contribution in [2.45, 2.75) is 25.8 Å². The maximum absolute atomic E-state index is 11.2. The number of methoxy groups -OCH3 is 1. The van der Waals surface area contributed by atoms with Crippen molar-refractivity contribution in [3.05, 3.63) is 23.3 Å². The highest BCUT2D eigenvalue weighted by atomic mass is 16.5. The molecule has 4 nitrogen and oxygen atoms in total. The number of rotatable bonds is 3. The van der Waals surface area contributed by atoms with Crippen molar-refractivity contribution in [2.24, 2.45) is 5.73 Å². The van der Waals surface area contributed by atoms with E-state index >= 15 is 0 Å². The smallest absolute Gasteiger partial charge is 0.305 e. The van der Waals surface area contributed by atoms with Gasteiger partial charge in [0.2, 0.25) is 0 Å². The molecule has 82 valence electrons. The van der Waals surface area contributed by atoms with Crippen LogP contribution < -0.4 is 5.73 Å². The third-order valence-electron chi connectivity index (χ3n) is 2.40. The number of ketones is 1. The van der Waals surface area contributed by atoms with E-state index in [1.165, 1.54) is 13.2 Å². The zero-order chi connectivity index (χ0) is 11.4. The zero-order valence-electron chi connectivity index (χ0n) is 8.95. The lowest BCUT2D eigenvalue weighted by Crippen LogP contribution is -2.29. The summed E-state index contributed by atoms with van der Waals surface area (Å²) in [7, 11) is 1.36. The van der Waals surface area contributed by atoms with Crippen LogP contribution in [0, 0.1) is 0 Å². The molecule has 0 bridgehead atoms. The van der Waals surface area contributed by atoms with Crippen molar-refractivity contribution in [1.82, 2.24) is 0 Å². The molecule has 0 amide bonds. The van der Waals surface area contributed by atoms with Gasteiger partial charge in [-0.05, 0) is 30.6 Å². The molecular weight excluding hydrogens is 194 g/mol. The summed E-state index contributed by atoms with van der Waals surface area (Å²) in [5, 5.41) is 0. The second-order valence-corrected chi connectivity index (χ2v) is 3.52. The van der Waals surface area contributed by atoms with Gasteiger partial charge in [-0.3, -0.25) is 9.59 Å². The van der Waals surface area contributed by atoms with E-state index < -0.39 is 6.04 Å². The van der Waals surface area contributed by atoms with Crippen LogP contribution in [0.4, 0.5) is 0 Å². The number of hydrogen-bond acceptors (Lipinski definition) is 4. The summed E-state index contributed by atoms with van der Waals surface area (Å²) in [5.74, 6) is -0.344. The van der Waals surface area contributed by atoms with Crippen molar-refractivity contribution in [1.29, 1.82) is 0 Å². The van der Waals surface area contributed by atoms with Gasteiger partial charge < -0.3 is 10.5 Å². The molecule has 1 rings (SSSR count). The second kappa shape index (κ2) is 4.89. The van der Waals surface area contributed by atoms with Gasteiger partial charge >= 0.3 is 5.97 Å². The summed E-state index contributed by atoms with van der Waals surface area (Å²) in [6.07, 6.45) is 4.11. The maximum Gasteiger partial charge on any atom is 0.305 e. The van der Waals surface area contributed by atoms with Crippen molar-refractivity contribution in [3.63, 3.8) is 0 Å². The highest BCUT2D eigenvalue weighted by molar-refractivity contribution is 5.98. The lowest BCUT2D eigenvalue weighted by Gasteiger charge is -2.15. The Morgan fingerprint density at radius 1 is 1.60 bits per heavy atom. The van der Waals surface area contributed by atoms with Crippen LogP contribution in [0.1, 0.15) is 19.8 Å². The Labute approximate surface area is 88.8 Å². The van der Waals surface area contributed by atoms with Crippen molar-refractivity contribution < 1.29 is 14.3 Å². The van der Waals surface area contributed by atoms with Crippen LogP contribution in [0.15, 0.2) is 23.3 Å². The highest BCUT2D eigenvalue weighted by Gasteiger charge is 2.17. The Bertz CT molecular complexity index is 342. The summed E-state index contributed by atoms with van der Waals surface area (Å²) in [5.41, 5.74) is 7.41. The average molecular weight is 209 g/mol. The third-order valence-corrected chi connectivity index (χ3v) is 2.40. The maximum atomic E-state index is 11.2. The second-order valence-electron chi connectivity index (χ2n) is 3.52. The van der Waals surface area contributed by atoms with E-state index in [0.717, 1.165) is 11.1 Å². The fraction of sp³-hybridized carbons (Fsp3) is 0.455. The van der Waals surface area contributed by atoms with Gasteiger partial charge in [-0.15, -0.1) is 0 Å². The summed E-state index contributed by atoms with van der Waals surface area (Å²) < 4.78 is 4.54. The molecule has 1 unspecified atom stereocenters. The van der Waals surface area contributed by atoms with E-state index in [-0.39, 0.29) is 11.8 Å². The Morgan fingerprint density at radius 3 is 2.87 bits per heavy atom. The van der Waals surface area contributed by atoms with Crippen LogP contribution in [0.25, 0.3) is 0 Å². The number of nitrogens with two attached hydrogens (primary N) is 1. The number of ether oxygens (including phenoxy) is 1. The quantitative estimate of drug-likeness (QED) is 0.695. The molecule has 0 saturated carbocycles. The van der Waals surface area contributed by atoms with Gasteiger partial charge in [0, 0.05) is 6.42 Å². The minimum atomic E-state index is -0.568. The normalized spacial score (nSPS) is 20.7. The number of esters is 1. The molecule has 4 heteroatoms. The van der Waals surface area contributed by atoms with Crippen LogP contribution in [0.5, 0.6) is 0 Å². The molecule has 0 fully saturated rings. The summed E-state index contributed by atoms with van der Waals surface area (Å²) in [6.45, 7) is 1.84. The van der Waals surface area contributed by atoms with Crippen LogP contribution in [-0.4, -0.2) is 24.9 Å². The number of hydrogen-bond donors (Lipinski definition) is 1. The van der Waals surface area contributed by atoms with Gasteiger partial charge in [-0.1, -0.05) is 6.08 Å². The first kappa shape index (κ1) is 11.7. The first-order valence-corrected chi connectivity index (χ1v) is 4.80. The molecule has 0 aliphatic heterocycles. The van der Waals surface area contributed by atoms with Crippen LogP contribution in [0.3, 0.4) is 0 Å². The summed E-state index contributed by atoms with van der Waals surface area (Å²) in [4.78, 5) is 22.1. The minimum absolute atomic E-state index is 0.0886. The summed E-state index contributed by atoms with van der Waals surface area (Å²) >= 11 is 0. The van der Waals surface area contributed by atoms with E-state index in [0.29, 0.717) is 12.8 Å². The molecule has 0 aromatic heterocycles. The van der Waals surface area contributed by atoms with Gasteiger partial charge in [-0.25, -0.2) is 0 Å². The van der Waals surface area contributed by atoms with E-state index in [2.05, 4.69) is 4.74 Å². The number of allylic oxidation sites excluding steroid dienone is 2. The standard InChI is InChI=1S/C11H15NO3/c1-7-5-10(13)9(12)6-8(7)3-4-11(14)15-2/h5-6,9H,3-4,12H2,1-2H3. The topological polar surface area (TPSA) is 69.4 Å². The van der Waals surface area contributed by atoms with E-state index in [9.17, 15) is 9.59 Å². The predicted octanol–water partition coefficient (Wildman–Crippen LogP) is 0.722. The fourth-order valence-corrected chi connectivity index (χ4v) is 1.45. The number of carbonyl (C=O) groups excluding carboxylic acids is 2. The molecule has 1 atom stereocenters. The van der Waals surface area contributed by atoms with Crippen LogP contribution in [-0.2, 0) is 14.3 Å². The zero-order valence-corrected chi connectivity index (χ0v) is 8.95.